The fourth-order valence-electron chi connectivity index (χ4n) is 4.05. The van der Waals surface area contributed by atoms with Crippen molar-refractivity contribution in [2.45, 2.75) is 58.7 Å². The van der Waals surface area contributed by atoms with Crippen LogP contribution in [0.1, 0.15) is 57.1 Å². The van der Waals surface area contributed by atoms with E-state index in [2.05, 4.69) is 23.9 Å². The van der Waals surface area contributed by atoms with Gasteiger partial charge in [0.15, 0.2) is 0 Å². The average molecular weight is 389 g/mol. The molecule has 2 aliphatic heterocycles. The first-order valence-corrected chi connectivity index (χ1v) is 10.2. The Bertz CT molecular complexity index is 742. The van der Waals surface area contributed by atoms with Gasteiger partial charge in [0.1, 0.15) is 5.69 Å². The Morgan fingerprint density at radius 2 is 2.11 bits per heavy atom. The van der Waals surface area contributed by atoms with Gasteiger partial charge in [0, 0.05) is 31.9 Å². The van der Waals surface area contributed by atoms with Crippen molar-refractivity contribution < 1.29 is 14.3 Å². The molecule has 1 N–H and O–H groups in total. The van der Waals surface area contributed by atoms with Crippen molar-refractivity contribution in [2.24, 2.45) is 11.8 Å². The third-order valence-electron chi connectivity index (χ3n) is 5.73. The minimum atomic E-state index is -0.219. The molecule has 7 nitrogen and oxygen atoms in total. The summed E-state index contributed by atoms with van der Waals surface area (Å²) in [5, 5.41) is 7.54. The summed E-state index contributed by atoms with van der Waals surface area (Å²) >= 11 is 0. The monoisotopic (exact) mass is 388 g/mol. The molecule has 7 heteroatoms. The average Bonchev–Trinajstić information content (AvgIpc) is 3.29. The number of likely N-dealkylation sites (tertiary alicyclic amines) is 1. The summed E-state index contributed by atoms with van der Waals surface area (Å²) in [7, 11) is 0. The number of ether oxygens (including phenoxy) is 1. The van der Waals surface area contributed by atoms with Gasteiger partial charge in [0.05, 0.1) is 18.1 Å². The Balaban J connectivity index is 1.62. The number of carbonyl (C=O) groups is 2. The molecule has 0 saturated carbocycles. The van der Waals surface area contributed by atoms with E-state index in [4.69, 9.17) is 4.74 Å². The highest BCUT2D eigenvalue weighted by atomic mass is 16.5. The van der Waals surface area contributed by atoms with Crippen LogP contribution in [0.3, 0.4) is 0 Å². The standard InChI is InChI=1S/C21H32N4O3/c1-13(2)19-16(7-6-10-28-19)20(26)22-18-12-24(11-15(18)5)21(27)17-8-9-25(23-17)14(3)4/h8-9,14-16,18-19H,1,6-7,10-12H2,2-5H3,(H,22,26)/t15-,16-,18+,19+/m1/s1. The number of hydrogen-bond acceptors (Lipinski definition) is 4. The van der Waals surface area contributed by atoms with Crippen molar-refractivity contribution >= 4 is 11.8 Å². The molecule has 0 bridgehead atoms. The Morgan fingerprint density at radius 3 is 2.75 bits per heavy atom. The highest BCUT2D eigenvalue weighted by Crippen LogP contribution is 2.27. The van der Waals surface area contributed by atoms with E-state index in [1.807, 2.05) is 27.0 Å². The van der Waals surface area contributed by atoms with E-state index in [9.17, 15) is 9.59 Å². The normalized spacial score (nSPS) is 27.8. The van der Waals surface area contributed by atoms with E-state index in [0.29, 0.717) is 25.4 Å². The fraction of sp³-hybridized carbons (Fsp3) is 0.667. The summed E-state index contributed by atoms with van der Waals surface area (Å²) < 4.78 is 7.55. The molecule has 0 aliphatic carbocycles. The molecule has 3 heterocycles. The third kappa shape index (κ3) is 4.29. The summed E-state index contributed by atoms with van der Waals surface area (Å²) in [4.78, 5) is 27.5. The predicted molar refractivity (Wildman–Crippen MR) is 107 cm³/mol. The number of nitrogens with one attached hydrogen (secondary N) is 1. The molecule has 1 aromatic heterocycles. The van der Waals surface area contributed by atoms with Crippen LogP contribution in [-0.2, 0) is 9.53 Å². The minimum Gasteiger partial charge on any atom is -0.373 e. The molecule has 0 spiro atoms. The van der Waals surface area contributed by atoms with E-state index in [1.54, 1.807) is 15.6 Å². The lowest BCUT2D eigenvalue weighted by molar-refractivity contribution is -0.133. The highest BCUT2D eigenvalue weighted by Gasteiger charge is 2.38. The van der Waals surface area contributed by atoms with E-state index in [0.717, 1.165) is 18.4 Å². The van der Waals surface area contributed by atoms with Crippen LogP contribution in [0.15, 0.2) is 24.4 Å². The molecule has 0 unspecified atom stereocenters. The molecular weight excluding hydrogens is 356 g/mol. The fourth-order valence-corrected chi connectivity index (χ4v) is 4.05. The second kappa shape index (κ2) is 8.47. The molecule has 1 aromatic rings. The maximum absolute atomic E-state index is 12.9. The van der Waals surface area contributed by atoms with Gasteiger partial charge < -0.3 is 15.0 Å². The van der Waals surface area contributed by atoms with Crippen molar-refractivity contribution in [1.29, 1.82) is 0 Å². The Labute approximate surface area is 167 Å². The first kappa shape index (κ1) is 20.6. The molecular formula is C21H32N4O3. The Kier molecular flexibility index (Phi) is 6.23. The second-order valence-electron chi connectivity index (χ2n) is 8.46. The quantitative estimate of drug-likeness (QED) is 0.786. The topological polar surface area (TPSA) is 76.5 Å². The van der Waals surface area contributed by atoms with Gasteiger partial charge >= 0.3 is 0 Å². The van der Waals surface area contributed by atoms with E-state index in [-0.39, 0.29) is 41.8 Å². The van der Waals surface area contributed by atoms with Crippen LogP contribution in [0.5, 0.6) is 0 Å². The molecule has 4 atom stereocenters. The third-order valence-corrected chi connectivity index (χ3v) is 5.73. The lowest BCUT2D eigenvalue weighted by Crippen LogP contribution is -2.48. The first-order valence-electron chi connectivity index (χ1n) is 10.2. The van der Waals surface area contributed by atoms with Crippen LogP contribution < -0.4 is 5.32 Å². The lowest BCUT2D eigenvalue weighted by Gasteiger charge is -2.32. The zero-order chi connectivity index (χ0) is 20.4. The number of hydrogen-bond donors (Lipinski definition) is 1. The number of amides is 2. The van der Waals surface area contributed by atoms with Gasteiger partial charge in [0.2, 0.25) is 5.91 Å². The van der Waals surface area contributed by atoms with Crippen LogP contribution in [0.2, 0.25) is 0 Å². The zero-order valence-corrected chi connectivity index (χ0v) is 17.4. The van der Waals surface area contributed by atoms with Gasteiger partial charge in [-0.2, -0.15) is 5.10 Å². The SMILES string of the molecule is C=C(C)[C@@H]1OCCC[C@H]1C(=O)N[C@H]1CN(C(=O)c2ccn(C(C)C)n2)C[C@H]1C. The zero-order valence-electron chi connectivity index (χ0n) is 17.4. The molecule has 2 fully saturated rings. The summed E-state index contributed by atoms with van der Waals surface area (Å²) in [6.07, 6.45) is 3.30. The number of nitrogens with zero attached hydrogens (tertiary/aromatic N) is 3. The molecule has 0 aromatic carbocycles. The van der Waals surface area contributed by atoms with E-state index < -0.39 is 0 Å². The molecule has 2 saturated heterocycles. The Morgan fingerprint density at radius 1 is 1.36 bits per heavy atom. The molecule has 2 aliphatic rings. The van der Waals surface area contributed by atoms with Crippen LogP contribution in [0.4, 0.5) is 0 Å². The largest absolute Gasteiger partial charge is 0.373 e. The van der Waals surface area contributed by atoms with Crippen LogP contribution in [0, 0.1) is 11.8 Å². The molecule has 0 radical (unpaired) electrons. The second-order valence-corrected chi connectivity index (χ2v) is 8.46. The highest BCUT2D eigenvalue weighted by molar-refractivity contribution is 5.92. The van der Waals surface area contributed by atoms with E-state index in [1.165, 1.54) is 0 Å². The lowest BCUT2D eigenvalue weighted by atomic mass is 9.89. The smallest absolute Gasteiger partial charge is 0.274 e. The van der Waals surface area contributed by atoms with E-state index >= 15 is 0 Å². The molecule has 3 rings (SSSR count). The molecule has 154 valence electrons. The van der Waals surface area contributed by atoms with Gasteiger partial charge in [-0.1, -0.05) is 19.1 Å². The van der Waals surface area contributed by atoms with Gasteiger partial charge in [-0.15, -0.1) is 0 Å². The maximum atomic E-state index is 12.9. The van der Waals surface area contributed by atoms with Crippen LogP contribution >= 0.6 is 0 Å². The first-order chi connectivity index (χ1) is 13.3. The molecule has 28 heavy (non-hydrogen) atoms. The summed E-state index contributed by atoms with van der Waals surface area (Å²) in [6.45, 7) is 13.8. The van der Waals surface area contributed by atoms with Crippen molar-refractivity contribution in [1.82, 2.24) is 20.0 Å². The van der Waals surface area contributed by atoms with Crippen molar-refractivity contribution in [3.63, 3.8) is 0 Å². The number of carbonyl (C=O) groups excluding carboxylic acids is 2. The van der Waals surface area contributed by atoms with Gasteiger partial charge in [0.25, 0.3) is 5.91 Å². The van der Waals surface area contributed by atoms with Crippen molar-refractivity contribution in [2.75, 3.05) is 19.7 Å². The number of rotatable bonds is 5. The van der Waals surface area contributed by atoms with Gasteiger partial charge in [-0.05, 0) is 45.6 Å². The summed E-state index contributed by atoms with van der Waals surface area (Å²) in [5.74, 6) is -0.0930. The van der Waals surface area contributed by atoms with Crippen molar-refractivity contribution in [3.8, 4) is 0 Å². The molecule has 2 amide bonds. The summed E-state index contributed by atoms with van der Waals surface area (Å²) in [5.41, 5.74) is 1.34. The van der Waals surface area contributed by atoms with Crippen LogP contribution in [-0.4, -0.2) is 58.3 Å². The number of aromatic nitrogens is 2. The Hall–Kier alpha value is -2.15. The van der Waals surface area contributed by atoms with Crippen LogP contribution in [0.25, 0.3) is 0 Å². The van der Waals surface area contributed by atoms with Gasteiger partial charge in [-0.25, -0.2) is 0 Å². The maximum Gasteiger partial charge on any atom is 0.274 e. The minimum absolute atomic E-state index is 0.00272. The predicted octanol–water partition coefficient (Wildman–Crippen LogP) is 2.41. The van der Waals surface area contributed by atoms with Crippen molar-refractivity contribution in [3.05, 3.63) is 30.1 Å². The van der Waals surface area contributed by atoms with Gasteiger partial charge in [-0.3, -0.25) is 14.3 Å². The summed E-state index contributed by atoms with van der Waals surface area (Å²) in [6, 6.07) is 1.91.